The van der Waals surface area contributed by atoms with Gasteiger partial charge in [-0.2, -0.15) is 0 Å². The van der Waals surface area contributed by atoms with Crippen LogP contribution in [0.5, 0.6) is 0 Å². The fourth-order valence-electron chi connectivity index (χ4n) is 2.29. The van der Waals surface area contributed by atoms with Gasteiger partial charge in [-0.25, -0.2) is 9.98 Å². The van der Waals surface area contributed by atoms with E-state index in [1.54, 1.807) is 6.20 Å². The zero-order chi connectivity index (χ0) is 16.5. The van der Waals surface area contributed by atoms with Gasteiger partial charge in [-0.3, -0.25) is 4.98 Å². The highest BCUT2D eigenvalue weighted by molar-refractivity contribution is 5.88. The lowest BCUT2D eigenvalue weighted by Crippen LogP contribution is -2.33. The molecule has 0 unspecified atom stereocenters. The van der Waals surface area contributed by atoms with Gasteiger partial charge in [-0.1, -0.05) is 36.4 Å². The van der Waals surface area contributed by atoms with Gasteiger partial charge in [0.25, 0.3) is 0 Å². The minimum absolute atomic E-state index is 0.589. The first-order valence-corrected chi connectivity index (χ1v) is 7.97. The summed E-state index contributed by atoms with van der Waals surface area (Å²) in [5.41, 5.74) is 2.32. The number of aromatic nitrogens is 1. The van der Waals surface area contributed by atoms with Crippen molar-refractivity contribution in [2.24, 2.45) is 9.98 Å². The van der Waals surface area contributed by atoms with Crippen LogP contribution in [-0.2, 0) is 17.9 Å². The van der Waals surface area contributed by atoms with Gasteiger partial charge in [0.05, 0.1) is 19.6 Å². The Morgan fingerprint density at radius 1 is 1.08 bits per heavy atom. The van der Waals surface area contributed by atoms with Crippen LogP contribution in [0.1, 0.15) is 11.1 Å². The molecule has 6 nitrogen and oxygen atoms in total. The summed E-state index contributed by atoms with van der Waals surface area (Å²) in [4.78, 5) is 14.9. The number of nitrogens with zero attached hydrogens (tertiary/aromatic N) is 4. The zero-order valence-electron chi connectivity index (χ0n) is 13.5. The molecular weight excluding hydrogens is 302 g/mol. The number of benzene rings is 1. The van der Waals surface area contributed by atoms with Crippen molar-refractivity contribution < 1.29 is 4.74 Å². The molecule has 2 aromatic rings. The summed E-state index contributed by atoms with van der Waals surface area (Å²) < 4.78 is 5.62. The van der Waals surface area contributed by atoms with Crippen LogP contribution in [0.4, 0.5) is 0 Å². The Morgan fingerprint density at radius 2 is 1.96 bits per heavy atom. The monoisotopic (exact) mass is 323 g/mol. The van der Waals surface area contributed by atoms with E-state index in [0.29, 0.717) is 32.4 Å². The van der Waals surface area contributed by atoms with Crippen molar-refractivity contribution in [3.05, 3.63) is 66.0 Å². The number of aliphatic imine (C=N–C) groups is 2. The summed E-state index contributed by atoms with van der Waals surface area (Å²) in [6.07, 6.45) is 5.44. The molecular formula is C18H21N5O. The smallest absolute Gasteiger partial charge is 0.221 e. The number of guanidine groups is 1. The standard InChI is InChI=1S/C18H21N5O/c1-2-5-16(6-3-1)13-24-10-9-20-18-21-14-23(15-22-18)12-17-7-4-8-19-11-17/h1-8,11,14H,9-10,12-13,15H2,(H,20,22). The molecule has 0 spiro atoms. The minimum Gasteiger partial charge on any atom is -0.375 e. The van der Waals surface area contributed by atoms with Crippen molar-refractivity contribution in [1.29, 1.82) is 0 Å². The molecule has 6 heteroatoms. The maximum Gasteiger partial charge on any atom is 0.221 e. The second-order valence-corrected chi connectivity index (χ2v) is 5.44. The van der Waals surface area contributed by atoms with E-state index in [0.717, 1.165) is 12.1 Å². The first kappa shape index (κ1) is 16.1. The molecule has 1 aliphatic heterocycles. The van der Waals surface area contributed by atoms with Crippen LogP contribution in [0.2, 0.25) is 0 Å². The van der Waals surface area contributed by atoms with Gasteiger partial charge < -0.3 is 15.0 Å². The lowest BCUT2D eigenvalue weighted by molar-refractivity contribution is 0.125. The average Bonchev–Trinajstić information content (AvgIpc) is 2.65. The summed E-state index contributed by atoms with van der Waals surface area (Å²) >= 11 is 0. The van der Waals surface area contributed by atoms with Crippen molar-refractivity contribution in [1.82, 2.24) is 15.2 Å². The van der Waals surface area contributed by atoms with Gasteiger partial charge in [0, 0.05) is 25.5 Å². The first-order valence-electron chi connectivity index (χ1n) is 7.97. The summed E-state index contributed by atoms with van der Waals surface area (Å²) in [5, 5.41) is 3.18. The Kier molecular flexibility index (Phi) is 5.91. The number of pyridine rings is 1. The number of ether oxygens (including phenoxy) is 1. The summed E-state index contributed by atoms with van der Waals surface area (Å²) in [7, 11) is 0. The van der Waals surface area contributed by atoms with Crippen molar-refractivity contribution in [2.75, 3.05) is 19.8 Å². The molecule has 1 aromatic heterocycles. The van der Waals surface area contributed by atoms with E-state index in [9.17, 15) is 0 Å². The van der Waals surface area contributed by atoms with Gasteiger partial charge in [0.15, 0.2) is 0 Å². The van der Waals surface area contributed by atoms with Crippen LogP contribution in [-0.4, -0.2) is 42.0 Å². The predicted molar refractivity (Wildman–Crippen MR) is 94.7 cm³/mol. The predicted octanol–water partition coefficient (Wildman–Crippen LogP) is 2.05. The van der Waals surface area contributed by atoms with E-state index in [1.165, 1.54) is 5.56 Å². The lowest BCUT2D eigenvalue weighted by atomic mass is 10.2. The first-order chi connectivity index (χ1) is 11.9. The van der Waals surface area contributed by atoms with Gasteiger partial charge in [-0.05, 0) is 17.2 Å². The highest BCUT2D eigenvalue weighted by atomic mass is 16.5. The lowest BCUT2D eigenvalue weighted by Gasteiger charge is -2.21. The van der Waals surface area contributed by atoms with Crippen LogP contribution >= 0.6 is 0 Å². The van der Waals surface area contributed by atoms with Crippen LogP contribution in [0.15, 0.2) is 64.8 Å². The fourth-order valence-corrected chi connectivity index (χ4v) is 2.29. The van der Waals surface area contributed by atoms with Gasteiger partial charge in [0.2, 0.25) is 5.96 Å². The van der Waals surface area contributed by atoms with E-state index in [4.69, 9.17) is 4.74 Å². The third kappa shape index (κ3) is 5.17. The molecule has 0 saturated heterocycles. The number of hydrogen-bond donors (Lipinski definition) is 1. The minimum atomic E-state index is 0.589. The molecule has 1 aliphatic rings. The van der Waals surface area contributed by atoms with Crippen molar-refractivity contribution >= 4 is 12.3 Å². The summed E-state index contributed by atoms with van der Waals surface area (Å²) in [6.45, 7) is 3.27. The van der Waals surface area contributed by atoms with Crippen molar-refractivity contribution in [3.63, 3.8) is 0 Å². The molecule has 0 radical (unpaired) electrons. The van der Waals surface area contributed by atoms with E-state index in [1.807, 2.05) is 47.8 Å². The van der Waals surface area contributed by atoms with Gasteiger partial charge in [-0.15, -0.1) is 0 Å². The molecule has 0 bridgehead atoms. The topological polar surface area (TPSA) is 62.1 Å². The molecule has 0 fully saturated rings. The summed E-state index contributed by atoms with van der Waals surface area (Å²) in [6, 6.07) is 14.1. The Bertz CT molecular complexity index is 672. The van der Waals surface area contributed by atoms with E-state index < -0.39 is 0 Å². The maximum atomic E-state index is 5.62. The van der Waals surface area contributed by atoms with Crippen molar-refractivity contribution in [2.45, 2.75) is 13.2 Å². The van der Waals surface area contributed by atoms with Crippen LogP contribution < -0.4 is 5.32 Å². The molecule has 0 amide bonds. The second-order valence-electron chi connectivity index (χ2n) is 5.44. The molecule has 24 heavy (non-hydrogen) atoms. The second kappa shape index (κ2) is 8.79. The maximum absolute atomic E-state index is 5.62. The third-order valence-electron chi connectivity index (χ3n) is 3.49. The van der Waals surface area contributed by atoms with E-state index in [-0.39, 0.29) is 0 Å². The zero-order valence-corrected chi connectivity index (χ0v) is 13.5. The quantitative estimate of drug-likeness (QED) is 0.792. The van der Waals surface area contributed by atoms with E-state index in [2.05, 4.69) is 32.4 Å². The van der Waals surface area contributed by atoms with Crippen LogP contribution in [0.25, 0.3) is 0 Å². The highest BCUT2D eigenvalue weighted by Gasteiger charge is 2.07. The van der Waals surface area contributed by atoms with Gasteiger partial charge in [0.1, 0.15) is 6.67 Å². The summed E-state index contributed by atoms with van der Waals surface area (Å²) in [5.74, 6) is 0.653. The Balaban J connectivity index is 1.32. The third-order valence-corrected chi connectivity index (χ3v) is 3.49. The fraction of sp³-hybridized carbons (Fsp3) is 0.278. The largest absolute Gasteiger partial charge is 0.375 e. The number of rotatable bonds is 7. The number of hydrogen-bond acceptors (Lipinski definition) is 6. The Hall–Kier alpha value is -2.73. The molecule has 0 atom stereocenters. The molecule has 1 aromatic carbocycles. The van der Waals surface area contributed by atoms with E-state index >= 15 is 0 Å². The molecule has 0 saturated carbocycles. The van der Waals surface area contributed by atoms with Crippen molar-refractivity contribution in [3.8, 4) is 0 Å². The normalized spacial score (nSPS) is 13.7. The molecule has 124 valence electrons. The SMILES string of the molecule is C1=NC(NCCOCc2ccccc2)=NCN1Cc1cccnc1. The molecule has 3 rings (SSSR count). The average molecular weight is 323 g/mol. The Morgan fingerprint density at radius 3 is 2.71 bits per heavy atom. The van der Waals surface area contributed by atoms with Gasteiger partial charge >= 0.3 is 0 Å². The molecule has 2 heterocycles. The Labute approximate surface area is 141 Å². The molecule has 1 N–H and O–H groups in total. The number of nitrogens with one attached hydrogen (secondary N) is 1. The highest BCUT2D eigenvalue weighted by Crippen LogP contribution is 2.03. The molecule has 0 aliphatic carbocycles. The van der Waals surface area contributed by atoms with Crippen LogP contribution in [0.3, 0.4) is 0 Å². The van der Waals surface area contributed by atoms with Crippen LogP contribution in [0, 0.1) is 0 Å².